The Kier molecular flexibility index (Phi) is 5.98. The van der Waals surface area contributed by atoms with Gasteiger partial charge in [-0.25, -0.2) is 0 Å². The highest BCUT2D eigenvalue weighted by Gasteiger charge is 2.34. The van der Waals surface area contributed by atoms with E-state index in [1.165, 1.54) is 4.90 Å². The Balaban J connectivity index is 1.55. The molecule has 1 aliphatic heterocycles. The maximum absolute atomic E-state index is 12.5. The molecular formula is C19H22N2O4S. The highest BCUT2D eigenvalue weighted by Crippen LogP contribution is 2.32. The van der Waals surface area contributed by atoms with E-state index in [2.05, 4.69) is 5.32 Å². The van der Waals surface area contributed by atoms with Gasteiger partial charge in [-0.2, -0.15) is 0 Å². The molecule has 2 fully saturated rings. The van der Waals surface area contributed by atoms with Crippen molar-refractivity contribution in [2.45, 2.75) is 25.7 Å². The fourth-order valence-electron chi connectivity index (χ4n) is 3.17. The van der Waals surface area contributed by atoms with Gasteiger partial charge in [0.05, 0.1) is 12.0 Å². The first-order valence-corrected chi connectivity index (χ1v) is 9.57. The first-order chi connectivity index (χ1) is 12.6. The molecule has 0 atom stereocenters. The van der Waals surface area contributed by atoms with Crippen molar-refractivity contribution in [2.75, 3.05) is 20.2 Å². The molecule has 0 unspecified atom stereocenters. The van der Waals surface area contributed by atoms with Crippen molar-refractivity contribution in [1.29, 1.82) is 0 Å². The summed E-state index contributed by atoms with van der Waals surface area (Å²) in [6.45, 7) is 0.492. The van der Waals surface area contributed by atoms with Gasteiger partial charge in [0, 0.05) is 19.0 Å². The van der Waals surface area contributed by atoms with Crippen LogP contribution < -0.4 is 10.1 Å². The van der Waals surface area contributed by atoms with E-state index < -0.39 is 0 Å². The largest absolute Gasteiger partial charge is 0.497 e. The number of nitrogens with one attached hydrogen (secondary N) is 1. The van der Waals surface area contributed by atoms with Crippen LogP contribution in [0, 0.1) is 5.92 Å². The van der Waals surface area contributed by atoms with Gasteiger partial charge in [-0.15, -0.1) is 0 Å². The Labute approximate surface area is 157 Å². The molecule has 1 saturated carbocycles. The van der Waals surface area contributed by atoms with Crippen molar-refractivity contribution in [1.82, 2.24) is 10.2 Å². The molecule has 1 heterocycles. The second-order valence-corrected chi connectivity index (χ2v) is 7.37. The molecule has 0 aromatic heterocycles. The minimum absolute atomic E-state index is 0.0308. The lowest BCUT2D eigenvalue weighted by Crippen LogP contribution is -2.39. The molecular weight excluding hydrogens is 352 g/mol. The van der Waals surface area contributed by atoms with Crippen molar-refractivity contribution in [2.24, 2.45) is 5.92 Å². The van der Waals surface area contributed by atoms with E-state index in [1.54, 1.807) is 25.3 Å². The quantitative estimate of drug-likeness (QED) is 0.775. The second-order valence-electron chi connectivity index (χ2n) is 6.38. The standard InChI is InChI=1S/C19H22N2O4S/c1-25-15-8-6-13(7-9-15)12-16-18(23)21(19(24)26-16)11-10-20-17(22)14-4-2-3-5-14/h6-9,12,14H,2-5,10-11H2,1H3,(H,20,22)/b16-12+. The number of imide groups is 1. The molecule has 1 aliphatic carbocycles. The molecule has 138 valence electrons. The third kappa shape index (κ3) is 4.27. The summed E-state index contributed by atoms with van der Waals surface area (Å²) >= 11 is 0.925. The van der Waals surface area contributed by atoms with Gasteiger partial charge in [0.1, 0.15) is 5.75 Å². The first kappa shape index (κ1) is 18.5. The smallest absolute Gasteiger partial charge is 0.293 e. The summed E-state index contributed by atoms with van der Waals surface area (Å²) in [7, 11) is 1.59. The van der Waals surface area contributed by atoms with Crippen LogP contribution in [0.4, 0.5) is 4.79 Å². The zero-order chi connectivity index (χ0) is 18.5. The van der Waals surface area contributed by atoms with Crippen LogP contribution >= 0.6 is 11.8 Å². The first-order valence-electron chi connectivity index (χ1n) is 8.75. The van der Waals surface area contributed by atoms with E-state index in [0.29, 0.717) is 11.4 Å². The molecule has 1 aromatic carbocycles. The van der Waals surface area contributed by atoms with Gasteiger partial charge in [-0.1, -0.05) is 25.0 Å². The molecule has 26 heavy (non-hydrogen) atoms. The molecule has 1 aromatic rings. The van der Waals surface area contributed by atoms with Crippen molar-refractivity contribution in [3.63, 3.8) is 0 Å². The highest BCUT2D eigenvalue weighted by molar-refractivity contribution is 8.18. The van der Waals surface area contributed by atoms with Gasteiger partial charge in [-0.3, -0.25) is 19.3 Å². The Morgan fingerprint density at radius 1 is 1.27 bits per heavy atom. The lowest BCUT2D eigenvalue weighted by molar-refractivity contribution is -0.126. The third-order valence-electron chi connectivity index (χ3n) is 4.65. The summed E-state index contributed by atoms with van der Waals surface area (Å²) in [4.78, 5) is 38.2. The highest BCUT2D eigenvalue weighted by atomic mass is 32.2. The van der Waals surface area contributed by atoms with E-state index in [0.717, 1.165) is 48.8 Å². The monoisotopic (exact) mass is 374 g/mol. The molecule has 3 rings (SSSR count). The number of carbonyl (C=O) groups is 3. The minimum atomic E-state index is -0.314. The number of benzene rings is 1. The molecule has 6 nitrogen and oxygen atoms in total. The minimum Gasteiger partial charge on any atom is -0.497 e. The molecule has 0 radical (unpaired) electrons. The zero-order valence-corrected chi connectivity index (χ0v) is 15.5. The molecule has 7 heteroatoms. The number of ether oxygens (including phenoxy) is 1. The zero-order valence-electron chi connectivity index (χ0n) is 14.7. The molecule has 1 N–H and O–H groups in total. The number of rotatable bonds is 6. The maximum Gasteiger partial charge on any atom is 0.293 e. The average molecular weight is 374 g/mol. The number of hydrogen-bond donors (Lipinski definition) is 1. The van der Waals surface area contributed by atoms with E-state index >= 15 is 0 Å². The molecule has 0 bridgehead atoms. The predicted molar refractivity (Wildman–Crippen MR) is 101 cm³/mol. The number of hydrogen-bond acceptors (Lipinski definition) is 5. The van der Waals surface area contributed by atoms with Gasteiger partial charge < -0.3 is 10.1 Å². The molecule has 1 saturated heterocycles. The lowest BCUT2D eigenvalue weighted by atomic mass is 10.1. The van der Waals surface area contributed by atoms with Crippen LogP contribution in [0.3, 0.4) is 0 Å². The normalized spacial score (nSPS) is 19.4. The molecule has 3 amide bonds. The van der Waals surface area contributed by atoms with Gasteiger partial charge in [0.2, 0.25) is 5.91 Å². The predicted octanol–water partition coefficient (Wildman–Crippen LogP) is 3.04. The van der Waals surface area contributed by atoms with Crippen LogP contribution in [0.2, 0.25) is 0 Å². The Hall–Kier alpha value is -2.28. The van der Waals surface area contributed by atoms with Gasteiger partial charge in [-0.05, 0) is 48.4 Å². The maximum atomic E-state index is 12.5. The number of thioether (sulfide) groups is 1. The number of nitrogens with zero attached hydrogens (tertiary/aromatic N) is 1. The van der Waals surface area contributed by atoms with E-state index in [9.17, 15) is 14.4 Å². The van der Waals surface area contributed by atoms with E-state index in [-0.39, 0.29) is 29.5 Å². The third-order valence-corrected chi connectivity index (χ3v) is 5.56. The van der Waals surface area contributed by atoms with E-state index in [4.69, 9.17) is 4.74 Å². The van der Waals surface area contributed by atoms with Crippen LogP contribution in [0.25, 0.3) is 6.08 Å². The summed E-state index contributed by atoms with van der Waals surface area (Å²) in [5.41, 5.74) is 0.825. The van der Waals surface area contributed by atoms with Crippen LogP contribution in [-0.2, 0) is 9.59 Å². The summed E-state index contributed by atoms with van der Waals surface area (Å²) in [5.74, 6) is 0.530. The van der Waals surface area contributed by atoms with Crippen molar-refractivity contribution < 1.29 is 19.1 Å². The van der Waals surface area contributed by atoms with Crippen molar-refractivity contribution in [3.05, 3.63) is 34.7 Å². The fraction of sp³-hybridized carbons (Fsp3) is 0.421. The SMILES string of the molecule is COc1ccc(/C=C2/SC(=O)N(CCNC(=O)C3CCCC3)C2=O)cc1. The average Bonchev–Trinajstić information content (AvgIpc) is 3.27. The van der Waals surface area contributed by atoms with Crippen LogP contribution in [0.15, 0.2) is 29.2 Å². The Morgan fingerprint density at radius 3 is 2.62 bits per heavy atom. The van der Waals surface area contributed by atoms with Gasteiger partial charge >= 0.3 is 0 Å². The number of methoxy groups -OCH3 is 1. The molecule has 2 aliphatic rings. The van der Waals surface area contributed by atoms with Crippen LogP contribution in [-0.4, -0.2) is 42.2 Å². The fourth-order valence-corrected chi connectivity index (χ4v) is 4.03. The van der Waals surface area contributed by atoms with Crippen LogP contribution in [0.1, 0.15) is 31.2 Å². The van der Waals surface area contributed by atoms with Gasteiger partial charge in [0.25, 0.3) is 11.1 Å². The topological polar surface area (TPSA) is 75.7 Å². The summed E-state index contributed by atoms with van der Waals surface area (Å²) in [6, 6.07) is 7.26. The number of carbonyl (C=O) groups excluding carboxylic acids is 3. The molecule has 0 spiro atoms. The second kappa shape index (κ2) is 8.40. The summed E-state index contributed by atoms with van der Waals surface area (Å²) < 4.78 is 5.11. The Morgan fingerprint density at radius 2 is 1.96 bits per heavy atom. The summed E-state index contributed by atoms with van der Waals surface area (Å²) in [6.07, 6.45) is 5.74. The van der Waals surface area contributed by atoms with Crippen molar-refractivity contribution >= 4 is 34.9 Å². The van der Waals surface area contributed by atoms with E-state index in [1.807, 2.05) is 12.1 Å². The van der Waals surface area contributed by atoms with Crippen LogP contribution in [0.5, 0.6) is 5.75 Å². The number of amides is 3. The summed E-state index contributed by atoms with van der Waals surface area (Å²) in [5, 5.41) is 2.54. The lowest BCUT2D eigenvalue weighted by Gasteiger charge is -2.14. The Bertz CT molecular complexity index is 724. The van der Waals surface area contributed by atoms with Crippen molar-refractivity contribution in [3.8, 4) is 5.75 Å². The van der Waals surface area contributed by atoms with Gasteiger partial charge in [0.15, 0.2) is 0 Å².